The molecule has 0 aromatic carbocycles. The minimum Gasteiger partial charge on any atom is -0.393 e. The van der Waals surface area contributed by atoms with E-state index in [9.17, 15) is 4.79 Å². The van der Waals surface area contributed by atoms with Gasteiger partial charge >= 0.3 is 0 Å². The Hall–Kier alpha value is -1.43. The predicted molar refractivity (Wildman–Crippen MR) is 80.3 cm³/mol. The van der Waals surface area contributed by atoms with Gasteiger partial charge in [-0.05, 0) is 26.3 Å². The fourth-order valence-corrected chi connectivity index (χ4v) is 1.96. The van der Waals surface area contributed by atoms with Crippen LogP contribution < -0.4 is 5.73 Å². The minimum atomic E-state index is -0.00667. The maximum absolute atomic E-state index is 12.5. The minimum absolute atomic E-state index is 0.00667. The summed E-state index contributed by atoms with van der Waals surface area (Å²) in [4.78, 5) is 14.7. The number of rotatable bonds is 7. The maximum atomic E-state index is 12.5. The molecule has 1 aromatic rings. The molecule has 0 saturated carbocycles. The molecule has 0 spiro atoms. The molecule has 1 heterocycles. The van der Waals surface area contributed by atoms with Crippen molar-refractivity contribution < 1.29 is 4.79 Å². The van der Waals surface area contributed by atoms with Crippen molar-refractivity contribution in [2.75, 3.05) is 13.1 Å². The topological polar surface area (TPSA) is 64.2 Å². The lowest BCUT2D eigenvalue weighted by Crippen LogP contribution is -2.34. The molecule has 0 saturated heterocycles. The van der Waals surface area contributed by atoms with Crippen LogP contribution >= 0.6 is 12.2 Å². The zero-order chi connectivity index (χ0) is 14.4. The van der Waals surface area contributed by atoms with Crippen molar-refractivity contribution >= 4 is 23.1 Å². The third kappa shape index (κ3) is 4.02. The van der Waals surface area contributed by atoms with Crippen molar-refractivity contribution in [3.63, 3.8) is 0 Å². The van der Waals surface area contributed by atoms with Crippen molar-refractivity contribution in [3.05, 3.63) is 17.5 Å². The van der Waals surface area contributed by atoms with E-state index < -0.39 is 0 Å². The zero-order valence-corrected chi connectivity index (χ0v) is 12.7. The Morgan fingerprint density at radius 2 is 2.16 bits per heavy atom. The number of nitrogens with two attached hydrogens (primary N) is 1. The Bertz CT molecular complexity index is 455. The number of hydrogen-bond acceptors (Lipinski definition) is 3. The number of aromatic nitrogens is 2. The van der Waals surface area contributed by atoms with Crippen LogP contribution in [0.1, 0.15) is 43.4 Å². The molecule has 1 amide bonds. The average Bonchev–Trinajstić information content (AvgIpc) is 2.82. The summed E-state index contributed by atoms with van der Waals surface area (Å²) in [6.07, 6.45) is 1.38. The average molecular weight is 282 g/mol. The first-order valence-electron chi connectivity index (χ1n) is 6.67. The molecule has 0 radical (unpaired) electrons. The molecule has 0 aliphatic carbocycles. The predicted octanol–water partition coefficient (Wildman–Crippen LogP) is 1.60. The van der Waals surface area contributed by atoms with Gasteiger partial charge in [0.15, 0.2) is 0 Å². The molecule has 0 atom stereocenters. The first kappa shape index (κ1) is 15.6. The highest BCUT2D eigenvalue weighted by molar-refractivity contribution is 7.80. The fourth-order valence-electron chi connectivity index (χ4n) is 1.87. The molecule has 106 valence electrons. The van der Waals surface area contributed by atoms with Gasteiger partial charge in [-0.1, -0.05) is 19.1 Å². The monoisotopic (exact) mass is 282 g/mol. The van der Waals surface area contributed by atoms with Gasteiger partial charge in [-0.15, -0.1) is 0 Å². The molecule has 2 N–H and O–H groups in total. The lowest BCUT2D eigenvalue weighted by atomic mass is 10.2. The summed E-state index contributed by atoms with van der Waals surface area (Å²) in [5.41, 5.74) is 7.08. The number of amides is 1. The van der Waals surface area contributed by atoms with E-state index in [4.69, 9.17) is 18.0 Å². The van der Waals surface area contributed by atoms with Crippen LogP contribution in [0.5, 0.6) is 0 Å². The molecule has 5 nitrogen and oxygen atoms in total. The number of carbonyl (C=O) groups is 1. The van der Waals surface area contributed by atoms with Crippen LogP contribution in [0.4, 0.5) is 0 Å². The van der Waals surface area contributed by atoms with Gasteiger partial charge in [0.2, 0.25) is 0 Å². The van der Waals surface area contributed by atoms with Crippen LogP contribution in [0.2, 0.25) is 0 Å². The van der Waals surface area contributed by atoms with Crippen LogP contribution in [0.3, 0.4) is 0 Å². The first-order valence-corrected chi connectivity index (χ1v) is 7.08. The summed E-state index contributed by atoms with van der Waals surface area (Å²) in [6, 6.07) is 1.87. The quantitative estimate of drug-likeness (QED) is 0.772. The van der Waals surface area contributed by atoms with Crippen LogP contribution in [0, 0.1) is 0 Å². The molecule has 19 heavy (non-hydrogen) atoms. The second-order valence-corrected chi connectivity index (χ2v) is 4.82. The first-order chi connectivity index (χ1) is 9.03. The molecule has 0 bridgehead atoms. The summed E-state index contributed by atoms with van der Waals surface area (Å²) in [6.45, 7) is 7.84. The van der Waals surface area contributed by atoms with Gasteiger partial charge in [-0.25, -0.2) is 0 Å². The number of carbonyl (C=O) groups excluding carboxylic acids is 1. The Morgan fingerprint density at radius 1 is 1.47 bits per heavy atom. The molecule has 6 heteroatoms. The Labute approximate surface area is 119 Å². The molecule has 0 aliphatic rings. The standard InChI is InChI=1S/C13H22N4OS/c1-4-10-9-11(17(6-3)15-10)13(18)16(5-2)8-7-12(14)19/h9H,4-8H2,1-3H3,(H2,14,19). The van der Waals surface area contributed by atoms with E-state index in [2.05, 4.69) is 5.10 Å². The van der Waals surface area contributed by atoms with Gasteiger partial charge in [-0.3, -0.25) is 9.48 Å². The van der Waals surface area contributed by atoms with Crippen molar-refractivity contribution in [1.82, 2.24) is 14.7 Å². The maximum Gasteiger partial charge on any atom is 0.272 e. The lowest BCUT2D eigenvalue weighted by Gasteiger charge is -2.20. The molecule has 1 rings (SSSR count). The van der Waals surface area contributed by atoms with Crippen LogP contribution in [0.15, 0.2) is 6.07 Å². The smallest absolute Gasteiger partial charge is 0.272 e. The van der Waals surface area contributed by atoms with E-state index in [0.717, 1.165) is 12.1 Å². The van der Waals surface area contributed by atoms with E-state index in [1.807, 2.05) is 26.8 Å². The highest BCUT2D eigenvalue weighted by Gasteiger charge is 2.19. The van der Waals surface area contributed by atoms with Gasteiger partial charge in [-0.2, -0.15) is 5.10 Å². The Kier molecular flexibility index (Phi) is 5.95. The second-order valence-electron chi connectivity index (χ2n) is 4.29. The van der Waals surface area contributed by atoms with E-state index in [0.29, 0.717) is 36.7 Å². The Morgan fingerprint density at radius 3 is 2.63 bits per heavy atom. The van der Waals surface area contributed by atoms with Gasteiger partial charge < -0.3 is 10.6 Å². The van der Waals surface area contributed by atoms with Crippen molar-refractivity contribution in [1.29, 1.82) is 0 Å². The van der Waals surface area contributed by atoms with Gasteiger partial charge in [0.05, 0.1) is 10.7 Å². The van der Waals surface area contributed by atoms with Crippen molar-refractivity contribution in [2.24, 2.45) is 5.73 Å². The summed E-state index contributed by atoms with van der Waals surface area (Å²) >= 11 is 4.86. The number of thiocarbonyl (C=S) groups is 1. The number of hydrogen-bond donors (Lipinski definition) is 1. The van der Waals surface area contributed by atoms with Gasteiger partial charge in [0.25, 0.3) is 5.91 Å². The lowest BCUT2D eigenvalue weighted by molar-refractivity contribution is 0.0756. The second kappa shape index (κ2) is 7.23. The fraction of sp³-hybridized carbons (Fsp3) is 0.615. The van der Waals surface area contributed by atoms with E-state index in [1.165, 1.54) is 0 Å². The van der Waals surface area contributed by atoms with Crippen LogP contribution in [-0.2, 0) is 13.0 Å². The van der Waals surface area contributed by atoms with Gasteiger partial charge in [0.1, 0.15) is 5.69 Å². The van der Waals surface area contributed by atoms with Crippen molar-refractivity contribution in [3.8, 4) is 0 Å². The van der Waals surface area contributed by atoms with E-state index >= 15 is 0 Å². The van der Waals surface area contributed by atoms with E-state index in [-0.39, 0.29) is 5.91 Å². The highest BCUT2D eigenvalue weighted by atomic mass is 32.1. The number of nitrogens with zero attached hydrogens (tertiary/aromatic N) is 3. The zero-order valence-electron chi connectivity index (χ0n) is 11.8. The summed E-state index contributed by atoms with van der Waals surface area (Å²) in [5.74, 6) is -0.00667. The molecule has 0 aliphatic heterocycles. The van der Waals surface area contributed by atoms with Crippen LogP contribution in [0.25, 0.3) is 0 Å². The van der Waals surface area contributed by atoms with Crippen molar-refractivity contribution in [2.45, 2.75) is 40.2 Å². The molecule has 0 fully saturated rings. The molecule has 1 aromatic heterocycles. The molecular weight excluding hydrogens is 260 g/mol. The third-order valence-electron chi connectivity index (χ3n) is 3.01. The Balaban J connectivity index is 2.89. The van der Waals surface area contributed by atoms with E-state index in [1.54, 1.807) is 9.58 Å². The summed E-state index contributed by atoms with van der Waals surface area (Å²) < 4.78 is 1.75. The molecular formula is C13H22N4OS. The number of aryl methyl sites for hydroxylation is 2. The summed E-state index contributed by atoms with van der Waals surface area (Å²) in [5, 5.41) is 4.40. The van der Waals surface area contributed by atoms with Gasteiger partial charge in [0, 0.05) is 26.1 Å². The summed E-state index contributed by atoms with van der Waals surface area (Å²) in [7, 11) is 0. The largest absolute Gasteiger partial charge is 0.393 e. The highest BCUT2D eigenvalue weighted by Crippen LogP contribution is 2.09. The SMILES string of the molecule is CCc1cc(C(=O)N(CC)CCC(N)=S)n(CC)n1. The normalized spacial score (nSPS) is 10.5. The molecule has 0 unspecified atom stereocenters. The third-order valence-corrected chi connectivity index (χ3v) is 3.21. The van der Waals surface area contributed by atoms with Crippen LogP contribution in [-0.4, -0.2) is 38.7 Å².